The van der Waals surface area contributed by atoms with Gasteiger partial charge in [0.15, 0.2) is 11.5 Å². The first-order chi connectivity index (χ1) is 9.63. The Bertz CT molecular complexity index is 782. The number of nitrogens with one attached hydrogen (secondary N) is 1. The minimum atomic E-state index is -0.0239. The Morgan fingerprint density at radius 2 is 2.00 bits per heavy atom. The van der Waals surface area contributed by atoms with Crippen molar-refractivity contribution in [2.24, 2.45) is 0 Å². The molecule has 0 aliphatic heterocycles. The van der Waals surface area contributed by atoms with Gasteiger partial charge in [0.25, 0.3) is 5.56 Å². The highest BCUT2D eigenvalue weighted by Gasteiger charge is 2.08. The number of oxazole rings is 1. The van der Waals surface area contributed by atoms with Crippen LogP contribution in [0.4, 0.5) is 0 Å². The van der Waals surface area contributed by atoms with Crippen molar-refractivity contribution in [3.8, 4) is 0 Å². The van der Waals surface area contributed by atoms with Crippen LogP contribution in [-0.4, -0.2) is 9.97 Å². The zero-order chi connectivity index (χ0) is 14.1. The maximum atomic E-state index is 11.9. The molecule has 4 nitrogen and oxygen atoms in total. The predicted octanol–water partition coefficient (Wildman–Crippen LogP) is 2.92. The van der Waals surface area contributed by atoms with Gasteiger partial charge < -0.3 is 9.40 Å². The highest BCUT2D eigenvalue weighted by Crippen LogP contribution is 2.16. The molecule has 0 spiro atoms. The fraction of sp³-hybridized carbons (Fsp3) is 0.250. The molecular weight excluding hydrogens is 252 g/mol. The topological polar surface area (TPSA) is 58.9 Å². The summed E-state index contributed by atoms with van der Waals surface area (Å²) in [6, 6.07) is 9.62. The van der Waals surface area contributed by atoms with Gasteiger partial charge in [-0.15, -0.1) is 0 Å². The van der Waals surface area contributed by atoms with Gasteiger partial charge in [-0.1, -0.05) is 12.1 Å². The number of H-pyrrole nitrogens is 1. The van der Waals surface area contributed by atoms with Gasteiger partial charge >= 0.3 is 0 Å². The van der Waals surface area contributed by atoms with Crippen molar-refractivity contribution in [2.75, 3.05) is 0 Å². The van der Waals surface area contributed by atoms with E-state index in [1.54, 1.807) is 0 Å². The van der Waals surface area contributed by atoms with Crippen molar-refractivity contribution in [1.29, 1.82) is 0 Å². The van der Waals surface area contributed by atoms with E-state index in [4.69, 9.17) is 4.42 Å². The Morgan fingerprint density at radius 1 is 1.20 bits per heavy atom. The molecule has 1 N–H and O–H groups in total. The number of aryl methyl sites for hydroxylation is 4. The Kier molecular flexibility index (Phi) is 3.14. The van der Waals surface area contributed by atoms with Gasteiger partial charge in [0.1, 0.15) is 5.52 Å². The lowest BCUT2D eigenvalue weighted by Gasteiger charge is -2.03. The number of hydrogen-bond acceptors (Lipinski definition) is 3. The van der Waals surface area contributed by atoms with Crippen LogP contribution < -0.4 is 5.56 Å². The molecule has 4 heteroatoms. The van der Waals surface area contributed by atoms with Crippen molar-refractivity contribution in [3.05, 3.63) is 63.4 Å². The SMILES string of the molecule is Cc1cc(CCc2nc3ccccc3o2)c(=O)[nH]c1C. The molecule has 0 aliphatic carbocycles. The summed E-state index contributed by atoms with van der Waals surface area (Å²) in [7, 11) is 0. The lowest BCUT2D eigenvalue weighted by atomic mass is 10.1. The molecule has 3 aromatic rings. The van der Waals surface area contributed by atoms with E-state index < -0.39 is 0 Å². The van der Waals surface area contributed by atoms with Crippen LogP contribution in [-0.2, 0) is 12.8 Å². The van der Waals surface area contributed by atoms with E-state index in [2.05, 4.69) is 9.97 Å². The van der Waals surface area contributed by atoms with Crippen molar-refractivity contribution < 1.29 is 4.42 Å². The monoisotopic (exact) mass is 268 g/mol. The van der Waals surface area contributed by atoms with Gasteiger partial charge in [-0.05, 0) is 44.0 Å². The normalized spacial score (nSPS) is 11.1. The predicted molar refractivity (Wildman–Crippen MR) is 78.0 cm³/mol. The van der Waals surface area contributed by atoms with Crippen LogP contribution in [0.25, 0.3) is 11.1 Å². The highest BCUT2D eigenvalue weighted by atomic mass is 16.3. The molecule has 0 aliphatic rings. The lowest BCUT2D eigenvalue weighted by molar-refractivity contribution is 0.527. The number of hydrogen-bond donors (Lipinski definition) is 1. The Balaban J connectivity index is 1.82. The number of rotatable bonds is 3. The molecule has 0 bridgehead atoms. The van der Waals surface area contributed by atoms with Crippen LogP contribution in [0.5, 0.6) is 0 Å². The van der Waals surface area contributed by atoms with E-state index >= 15 is 0 Å². The number of nitrogens with zero attached hydrogens (tertiary/aromatic N) is 1. The van der Waals surface area contributed by atoms with E-state index in [-0.39, 0.29) is 5.56 Å². The Hall–Kier alpha value is -2.36. The Labute approximate surface area is 116 Å². The summed E-state index contributed by atoms with van der Waals surface area (Å²) in [5, 5.41) is 0. The minimum absolute atomic E-state index is 0.0239. The van der Waals surface area contributed by atoms with Crippen LogP contribution in [0.1, 0.15) is 22.7 Å². The number of para-hydroxylation sites is 2. The quantitative estimate of drug-likeness (QED) is 0.794. The van der Waals surface area contributed by atoms with E-state index in [1.165, 1.54) is 0 Å². The van der Waals surface area contributed by atoms with Crippen LogP contribution in [0.2, 0.25) is 0 Å². The van der Waals surface area contributed by atoms with Gasteiger partial charge in [0.05, 0.1) is 0 Å². The highest BCUT2D eigenvalue weighted by molar-refractivity contribution is 5.72. The molecule has 0 unspecified atom stereocenters. The molecule has 0 radical (unpaired) electrons. The number of benzene rings is 1. The van der Waals surface area contributed by atoms with E-state index in [9.17, 15) is 4.79 Å². The summed E-state index contributed by atoms with van der Waals surface area (Å²) in [6.07, 6.45) is 1.25. The third-order valence-corrected chi connectivity index (χ3v) is 3.52. The number of fused-ring (bicyclic) bond motifs is 1. The second kappa shape index (κ2) is 4.96. The molecule has 102 valence electrons. The second-order valence-corrected chi connectivity index (χ2v) is 5.01. The first-order valence-corrected chi connectivity index (χ1v) is 6.67. The van der Waals surface area contributed by atoms with E-state index in [0.717, 1.165) is 27.9 Å². The first-order valence-electron chi connectivity index (χ1n) is 6.67. The fourth-order valence-corrected chi connectivity index (χ4v) is 2.24. The maximum Gasteiger partial charge on any atom is 0.251 e. The van der Waals surface area contributed by atoms with Gasteiger partial charge in [-0.2, -0.15) is 0 Å². The second-order valence-electron chi connectivity index (χ2n) is 5.01. The molecule has 0 amide bonds. The molecule has 3 rings (SSSR count). The van der Waals surface area contributed by atoms with Crippen LogP contribution in [0.15, 0.2) is 39.5 Å². The summed E-state index contributed by atoms with van der Waals surface area (Å²) in [5.41, 5.74) is 4.41. The van der Waals surface area contributed by atoms with Crippen LogP contribution in [0, 0.1) is 13.8 Å². The largest absolute Gasteiger partial charge is 0.441 e. The molecule has 0 saturated carbocycles. The van der Waals surface area contributed by atoms with Crippen molar-refractivity contribution in [3.63, 3.8) is 0 Å². The van der Waals surface area contributed by atoms with Gasteiger partial charge in [-0.3, -0.25) is 4.79 Å². The smallest absolute Gasteiger partial charge is 0.251 e. The summed E-state index contributed by atoms with van der Waals surface area (Å²) < 4.78 is 5.66. The molecule has 2 aromatic heterocycles. The molecule has 2 heterocycles. The third-order valence-electron chi connectivity index (χ3n) is 3.52. The summed E-state index contributed by atoms with van der Waals surface area (Å²) in [4.78, 5) is 19.2. The zero-order valence-corrected chi connectivity index (χ0v) is 11.6. The van der Waals surface area contributed by atoms with Gasteiger partial charge in [-0.25, -0.2) is 4.98 Å². The maximum absolute atomic E-state index is 11.9. The summed E-state index contributed by atoms with van der Waals surface area (Å²) in [5.74, 6) is 0.670. The van der Waals surface area contributed by atoms with Crippen LogP contribution >= 0.6 is 0 Å². The number of aromatic amines is 1. The average Bonchev–Trinajstić information content (AvgIpc) is 2.84. The van der Waals surface area contributed by atoms with E-state index in [1.807, 2.05) is 44.2 Å². The molecular formula is C16H16N2O2. The standard InChI is InChI=1S/C16H16N2O2/c1-10-9-12(16(19)17-11(10)2)7-8-15-18-13-5-3-4-6-14(13)20-15/h3-6,9H,7-8H2,1-2H3,(H,17,19). The molecule has 0 saturated heterocycles. The molecule has 0 fully saturated rings. The lowest BCUT2D eigenvalue weighted by Crippen LogP contribution is -2.15. The van der Waals surface area contributed by atoms with Crippen molar-refractivity contribution in [2.45, 2.75) is 26.7 Å². The molecule has 0 atom stereocenters. The molecule has 20 heavy (non-hydrogen) atoms. The van der Waals surface area contributed by atoms with E-state index in [0.29, 0.717) is 18.7 Å². The van der Waals surface area contributed by atoms with Gasteiger partial charge in [0, 0.05) is 17.7 Å². The number of aromatic nitrogens is 2. The number of pyridine rings is 1. The summed E-state index contributed by atoms with van der Waals surface area (Å²) in [6.45, 7) is 3.90. The first kappa shape index (κ1) is 12.7. The van der Waals surface area contributed by atoms with Crippen LogP contribution in [0.3, 0.4) is 0 Å². The van der Waals surface area contributed by atoms with Gasteiger partial charge in [0.2, 0.25) is 0 Å². The Morgan fingerprint density at radius 3 is 2.80 bits per heavy atom. The fourth-order valence-electron chi connectivity index (χ4n) is 2.24. The average molecular weight is 268 g/mol. The van der Waals surface area contributed by atoms with Crippen molar-refractivity contribution in [1.82, 2.24) is 9.97 Å². The summed E-state index contributed by atoms with van der Waals surface area (Å²) >= 11 is 0. The van der Waals surface area contributed by atoms with Crippen molar-refractivity contribution >= 4 is 11.1 Å². The molecule has 1 aromatic carbocycles. The zero-order valence-electron chi connectivity index (χ0n) is 11.6. The minimum Gasteiger partial charge on any atom is -0.441 e. The third kappa shape index (κ3) is 2.37.